The van der Waals surface area contributed by atoms with E-state index in [-0.39, 0.29) is 30.0 Å². The van der Waals surface area contributed by atoms with Gasteiger partial charge < -0.3 is 9.64 Å². The SMILES string of the molecule is Cc1nc(-n2cnnn2)ccc1CC(=O)N1CCN2C[C@H](c3ccc(F)c(C#N)c3C)OC[C@@H]2C1. The Balaban J connectivity index is 1.21. The minimum Gasteiger partial charge on any atom is -0.370 e. The molecule has 0 spiro atoms. The molecule has 10 nitrogen and oxygen atoms in total. The Morgan fingerprint density at radius 3 is 2.83 bits per heavy atom. The molecule has 0 aliphatic carbocycles. The van der Waals surface area contributed by atoms with Gasteiger partial charge in [0.15, 0.2) is 5.82 Å². The first-order valence-electron chi connectivity index (χ1n) is 11.5. The van der Waals surface area contributed by atoms with E-state index >= 15 is 0 Å². The number of nitrogens with zero attached hydrogens (tertiary/aromatic N) is 8. The second-order valence-corrected chi connectivity index (χ2v) is 8.90. The van der Waals surface area contributed by atoms with Crippen LogP contribution in [0.4, 0.5) is 4.39 Å². The highest BCUT2D eigenvalue weighted by Crippen LogP contribution is 2.31. The van der Waals surface area contributed by atoms with Crippen molar-refractivity contribution in [2.75, 3.05) is 32.8 Å². The fourth-order valence-corrected chi connectivity index (χ4v) is 4.81. The molecule has 35 heavy (non-hydrogen) atoms. The zero-order chi connectivity index (χ0) is 24.5. The van der Waals surface area contributed by atoms with Crippen LogP contribution in [0.2, 0.25) is 0 Å². The standard InChI is InChI=1S/C24H25FN8O2/c1-15-19(4-5-21(25)20(15)10-26)22-12-31-7-8-32(11-18(31)13-35-22)24(34)9-17-3-6-23(28-16(17)2)33-14-27-29-30-33/h3-6,14,18,22H,7-9,11-13H2,1-2H3/t18-,22+/m0/s1. The number of amides is 1. The fraction of sp³-hybridized carbons (Fsp3) is 0.417. The van der Waals surface area contributed by atoms with E-state index in [4.69, 9.17) is 4.74 Å². The Morgan fingerprint density at radius 2 is 2.09 bits per heavy atom. The summed E-state index contributed by atoms with van der Waals surface area (Å²) < 4.78 is 21.5. The van der Waals surface area contributed by atoms with Crippen molar-refractivity contribution in [3.05, 3.63) is 64.4 Å². The topological polar surface area (TPSA) is 113 Å². The molecule has 1 amide bonds. The second-order valence-electron chi connectivity index (χ2n) is 8.90. The molecule has 0 unspecified atom stereocenters. The highest BCUT2D eigenvalue weighted by molar-refractivity contribution is 5.79. The van der Waals surface area contributed by atoms with Crippen molar-refractivity contribution in [1.29, 1.82) is 5.26 Å². The summed E-state index contributed by atoms with van der Waals surface area (Å²) in [7, 11) is 0. The molecule has 1 aromatic carbocycles. The van der Waals surface area contributed by atoms with E-state index in [9.17, 15) is 14.4 Å². The average Bonchev–Trinajstić information content (AvgIpc) is 3.40. The molecule has 2 saturated heterocycles. The van der Waals surface area contributed by atoms with Gasteiger partial charge >= 0.3 is 0 Å². The monoisotopic (exact) mass is 476 g/mol. The van der Waals surface area contributed by atoms with Crippen LogP contribution in [0.25, 0.3) is 5.82 Å². The van der Waals surface area contributed by atoms with Gasteiger partial charge in [0, 0.05) is 31.9 Å². The van der Waals surface area contributed by atoms with E-state index in [0.29, 0.717) is 37.6 Å². The number of pyridine rings is 1. The Hall–Kier alpha value is -3.75. The number of tetrazole rings is 1. The first-order chi connectivity index (χ1) is 16.9. The summed E-state index contributed by atoms with van der Waals surface area (Å²) in [5.74, 6) is 0.148. The van der Waals surface area contributed by atoms with E-state index in [1.165, 1.54) is 17.1 Å². The molecule has 2 aromatic heterocycles. The van der Waals surface area contributed by atoms with Crippen molar-refractivity contribution in [1.82, 2.24) is 35.0 Å². The van der Waals surface area contributed by atoms with Crippen LogP contribution < -0.4 is 0 Å². The molecular formula is C24H25FN8O2. The molecule has 0 N–H and O–H groups in total. The lowest BCUT2D eigenvalue weighted by molar-refractivity contribution is -0.139. The lowest BCUT2D eigenvalue weighted by atomic mass is 9.96. The lowest BCUT2D eigenvalue weighted by Gasteiger charge is -2.46. The number of halogens is 1. The van der Waals surface area contributed by atoms with Gasteiger partial charge in [0.25, 0.3) is 0 Å². The van der Waals surface area contributed by atoms with Gasteiger partial charge in [0.05, 0.1) is 30.7 Å². The quantitative estimate of drug-likeness (QED) is 0.557. The van der Waals surface area contributed by atoms with Crippen molar-refractivity contribution in [3.63, 3.8) is 0 Å². The average molecular weight is 477 g/mol. The van der Waals surface area contributed by atoms with Crippen LogP contribution in [0.5, 0.6) is 0 Å². The largest absolute Gasteiger partial charge is 0.370 e. The van der Waals surface area contributed by atoms with Gasteiger partial charge in [0.2, 0.25) is 5.91 Å². The van der Waals surface area contributed by atoms with E-state index < -0.39 is 5.82 Å². The fourth-order valence-electron chi connectivity index (χ4n) is 4.81. The molecule has 5 rings (SSSR count). The molecule has 2 aliphatic heterocycles. The number of morpholine rings is 1. The van der Waals surface area contributed by atoms with Gasteiger partial charge in [-0.3, -0.25) is 9.69 Å². The second kappa shape index (κ2) is 9.48. The smallest absolute Gasteiger partial charge is 0.227 e. The number of nitriles is 1. The van der Waals surface area contributed by atoms with Crippen LogP contribution in [-0.4, -0.2) is 79.7 Å². The van der Waals surface area contributed by atoms with Crippen molar-refractivity contribution in [3.8, 4) is 11.9 Å². The number of rotatable bonds is 4. The summed E-state index contributed by atoms with van der Waals surface area (Å²) in [6.45, 7) is 6.70. The third-order valence-corrected chi connectivity index (χ3v) is 6.87. The summed E-state index contributed by atoms with van der Waals surface area (Å²) in [6.07, 6.45) is 1.52. The minimum absolute atomic E-state index is 0.0555. The van der Waals surface area contributed by atoms with Gasteiger partial charge in [-0.1, -0.05) is 12.1 Å². The molecule has 3 aromatic rings. The van der Waals surface area contributed by atoms with Crippen LogP contribution in [0.15, 0.2) is 30.6 Å². The zero-order valence-electron chi connectivity index (χ0n) is 19.6. The van der Waals surface area contributed by atoms with Crippen molar-refractivity contribution >= 4 is 5.91 Å². The summed E-state index contributed by atoms with van der Waals surface area (Å²) >= 11 is 0. The third kappa shape index (κ3) is 4.50. The number of ether oxygens (including phenoxy) is 1. The van der Waals surface area contributed by atoms with E-state index in [0.717, 1.165) is 23.4 Å². The van der Waals surface area contributed by atoms with Crippen LogP contribution in [0, 0.1) is 31.0 Å². The Morgan fingerprint density at radius 1 is 1.23 bits per heavy atom. The van der Waals surface area contributed by atoms with Crippen LogP contribution >= 0.6 is 0 Å². The molecule has 2 atom stereocenters. The molecular weight excluding hydrogens is 451 g/mol. The summed E-state index contributed by atoms with van der Waals surface area (Å²) in [4.78, 5) is 21.8. The predicted octanol–water partition coefficient (Wildman–Crippen LogP) is 1.51. The van der Waals surface area contributed by atoms with Crippen molar-refractivity contribution in [2.45, 2.75) is 32.4 Å². The predicted molar refractivity (Wildman–Crippen MR) is 122 cm³/mol. The third-order valence-electron chi connectivity index (χ3n) is 6.87. The maximum Gasteiger partial charge on any atom is 0.227 e. The Labute approximate surface area is 201 Å². The number of fused-ring (bicyclic) bond motifs is 1. The Bertz CT molecular complexity index is 1290. The van der Waals surface area contributed by atoms with Crippen molar-refractivity contribution < 1.29 is 13.9 Å². The molecule has 2 aliphatic rings. The summed E-state index contributed by atoms with van der Waals surface area (Å²) in [6, 6.07) is 8.78. The number of carbonyl (C=O) groups excluding carboxylic acids is 1. The minimum atomic E-state index is -0.509. The molecule has 11 heteroatoms. The molecule has 0 radical (unpaired) electrons. The molecule has 2 fully saturated rings. The summed E-state index contributed by atoms with van der Waals surface area (Å²) in [5.41, 5.74) is 3.17. The number of hydrogen-bond donors (Lipinski definition) is 0. The van der Waals surface area contributed by atoms with Crippen LogP contribution in [0.3, 0.4) is 0 Å². The van der Waals surface area contributed by atoms with Gasteiger partial charge in [-0.05, 0) is 53.1 Å². The molecule has 180 valence electrons. The number of piperazine rings is 1. The number of benzene rings is 1. The van der Waals surface area contributed by atoms with Crippen LogP contribution in [0.1, 0.15) is 34.1 Å². The van der Waals surface area contributed by atoms with Gasteiger partial charge in [-0.15, -0.1) is 5.10 Å². The summed E-state index contributed by atoms with van der Waals surface area (Å²) in [5, 5.41) is 20.4. The van der Waals surface area contributed by atoms with Gasteiger partial charge in [0.1, 0.15) is 18.2 Å². The highest BCUT2D eigenvalue weighted by atomic mass is 19.1. The number of carbonyl (C=O) groups is 1. The lowest BCUT2D eigenvalue weighted by Crippen LogP contribution is -2.59. The number of aryl methyl sites for hydroxylation is 1. The van der Waals surface area contributed by atoms with E-state index in [1.807, 2.05) is 24.0 Å². The highest BCUT2D eigenvalue weighted by Gasteiger charge is 2.36. The first-order valence-corrected chi connectivity index (χ1v) is 11.5. The van der Waals surface area contributed by atoms with Crippen LogP contribution in [-0.2, 0) is 16.0 Å². The molecule has 4 heterocycles. The molecule has 0 bridgehead atoms. The normalized spacial score (nSPS) is 20.3. The first kappa shape index (κ1) is 23.0. The maximum absolute atomic E-state index is 13.9. The number of hydrogen-bond acceptors (Lipinski definition) is 8. The maximum atomic E-state index is 13.9. The van der Waals surface area contributed by atoms with E-state index in [2.05, 4.69) is 25.4 Å². The van der Waals surface area contributed by atoms with Gasteiger partial charge in [-0.2, -0.15) is 9.94 Å². The van der Waals surface area contributed by atoms with E-state index in [1.54, 1.807) is 19.1 Å². The Kier molecular flexibility index (Phi) is 6.23. The van der Waals surface area contributed by atoms with Gasteiger partial charge in [-0.25, -0.2) is 9.37 Å². The zero-order valence-corrected chi connectivity index (χ0v) is 19.6. The van der Waals surface area contributed by atoms with Crippen molar-refractivity contribution in [2.24, 2.45) is 0 Å². The number of aromatic nitrogens is 5. The molecule has 0 saturated carbocycles.